The van der Waals surface area contributed by atoms with E-state index in [1.54, 1.807) is 69.9 Å². The Balaban J connectivity index is 1.37. The topological polar surface area (TPSA) is 129 Å². The summed E-state index contributed by atoms with van der Waals surface area (Å²) in [6.07, 6.45) is 0. The molecule has 49 heavy (non-hydrogen) atoms. The summed E-state index contributed by atoms with van der Waals surface area (Å²) < 4.78 is 38.8. The van der Waals surface area contributed by atoms with E-state index in [1.165, 1.54) is 37.5 Å². The number of nitrogens with zero attached hydrogens (tertiary/aromatic N) is 5. The Labute approximate surface area is 290 Å². The standard InChI is InChI=1S/C35H30ClN5O7S/c1-43-25-15-22(16-26(44-2)29(25)47-5)32-38-34(49-40-32)20-9-7-19(8-10-20)31-37-33(23-17-27(45-3)30(48-6)28(18-23)46-4)41(39-31)35(42)21-11-13-24(36)14-12-21/h7-18H,1-6H3. The summed E-state index contributed by atoms with van der Waals surface area (Å²) in [7, 11) is 9.22. The fraction of sp³-hybridized carbons (Fsp3) is 0.171. The summed E-state index contributed by atoms with van der Waals surface area (Å²) >= 11 is 7.34. The molecular formula is C35H30ClN5O7S. The number of carbonyl (C=O) groups excluding carboxylic acids is 1. The molecule has 14 heteroatoms. The minimum Gasteiger partial charge on any atom is -0.493 e. The van der Waals surface area contributed by atoms with Gasteiger partial charge >= 0.3 is 0 Å². The van der Waals surface area contributed by atoms with Gasteiger partial charge in [-0.25, -0.2) is 9.97 Å². The maximum Gasteiger partial charge on any atom is 0.280 e. The maximum absolute atomic E-state index is 13.8. The highest BCUT2D eigenvalue weighted by molar-refractivity contribution is 7.09. The lowest BCUT2D eigenvalue weighted by atomic mass is 10.1. The third-order valence-corrected chi connectivity index (χ3v) is 8.57. The van der Waals surface area contributed by atoms with Crippen molar-refractivity contribution in [3.8, 4) is 79.2 Å². The first-order valence-corrected chi connectivity index (χ1v) is 15.8. The van der Waals surface area contributed by atoms with Gasteiger partial charge in [-0.15, -0.1) is 5.10 Å². The van der Waals surface area contributed by atoms with Crippen LogP contribution in [-0.4, -0.2) is 72.7 Å². The lowest BCUT2D eigenvalue weighted by Gasteiger charge is -2.14. The highest BCUT2D eigenvalue weighted by atomic mass is 35.5. The molecule has 0 bridgehead atoms. The molecule has 6 aromatic rings. The number of hydrogen-bond acceptors (Lipinski definition) is 12. The first kappa shape index (κ1) is 33.2. The van der Waals surface area contributed by atoms with Crippen LogP contribution < -0.4 is 28.4 Å². The quantitative estimate of drug-likeness (QED) is 0.136. The average molecular weight is 700 g/mol. The predicted molar refractivity (Wildman–Crippen MR) is 186 cm³/mol. The summed E-state index contributed by atoms with van der Waals surface area (Å²) in [6.45, 7) is 0. The molecule has 0 saturated heterocycles. The van der Waals surface area contributed by atoms with Crippen molar-refractivity contribution in [1.29, 1.82) is 0 Å². The Hall–Kier alpha value is -5.66. The molecule has 12 nitrogen and oxygen atoms in total. The lowest BCUT2D eigenvalue weighted by Crippen LogP contribution is -2.15. The van der Waals surface area contributed by atoms with E-state index in [9.17, 15) is 4.79 Å². The van der Waals surface area contributed by atoms with E-state index in [-0.39, 0.29) is 5.82 Å². The molecule has 0 fully saturated rings. The van der Waals surface area contributed by atoms with E-state index in [0.717, 1.165) is 5.56 Å². The van der Waals surface area contributed by atoms with Crippen LogP contribution in [0.15, 0.2) is 72.8 Å². The molecule has 0 unspecified atom stereocenters. The van der Waals surface area contributed by atoms with Crippen molar-refractivity contribution >= 4 is 29.0 Å². The number of carbonyl (C=O) groups is 1. The van der Waals surface area contributed by atoms with Crippen molar-refractivity contribution in [2.45, 2.75) is 0 Å². The van der Waals surface area contributed by atoms with Gasteiger partial charge in [0.25, 0.3) is 5.91 Å². The van der Waals surface area contributed by atoms with E-state index in [0.29, 0.717) is 78.4 Å². The number of rotatable bonds is 11. The zero-order chi connectivity index (χ0) is 34.7. The van der Waals surface area contributed by atoms with Gasteiger partial charge < -0.3 is 28.4 Å². The summed E-state index contributed by atoms with van der Waals surface area (Å²) in [5, 5.41) is 5.86. The Morgan fingerprint density at radius 1 is 0.612 bits per heavy atom. The molecule has 0 N–H and O–H groups in total. The molecule has 0 spiro atoms. The van der Waals surface area contributed by atoms with Crippen LogP contribution in [0.3, 0.4) is 0 Å². The van der Waals surface area contributed by atoms with Crippen molar-refractivity contribution < 1.29 is 33.2 Å². The largest absolute Gasteiger partial charge is 0.493 e. The van der Waals surface area contributed by atoms with Crippen LogP contribution in [-0.2, 0) is 0 Å². The fourth-order valence-electron chi connectivity index (χ4n) is 5.12. The molecule has 0 saturated carbocycles. The van der Waals surface area contributed by atoms with Crippen molar-refractivity contribution in [2.75, 3.05) is 42.7 Å². The van der Waals surface area contributed by atoms with Crippen LogP contribution in [0.1, 0.15) is 10.4 Å². The third kappa shape index (κ3) is 6.45. The molecule has 0 amide bonds. The van der Waals surface area contributed by atoms with Crippen LogP contribution in [0, 0.1) is 0 Å². The first-order chi connectivity index (χ1) is 23.8. The summed E-state index contributed by atoms with van der Waals surface area (Å²) in [5.41, 5.74) is 3.13. The van der Waals surface area contributed by atoms with E-state index in [1.807, 2.05) is 24.3 Å². The SMILES string of the molecule is COc1cc(-c2nsc(-c3ccc(-c4nc(-c5cc(OC)c(OC)c(OC)c5)n(C(=O)c5ccc(Cl)cc5)n4)cc3)n2)cc(OC)c1OC. The fourth-order valence-corrected chi connectivity index (χ4v) is 5.93. The molecule has 0 atom stereocenters. The van der Waals surface area contributed by atoms with Crippen molar-refractivity contribution in [3.05, 3.63) is 83.4 Å². The summed E-state index contributed by atoms with van der Waals surface area (Å²) in [5.74, 6) is 3.42. The Morgan fingerprint density at radius 3 is 1.63 bits per heavy atom. The second-order valence-electron chi connectivity index (χ2n) is 10.3. The highest BCUT2D eigenvalue weighted by Crippen LogP contribution is 2.42. The maximum atomic E-state index is 13.8. The summed E-state index contributed by atoms with van der Waals surface area (Å²) in [6, 6.07) is 21.1. The molecule has 2 heterocycles. The molecule has 4 aromatic carbocycles. The normalized spacial score (nSPS) is 10.8. The van der Waals surface area contributed by atoms with Crippen LogP contribution in [0.4, 0.5) is 0 Å². The monoisotopic (exact) mass is 699 g/mol. The number of ether oxygens (including phenoxy) is 6. The second kappa shape index (κ2) is 14.2. The van der Waals surface area contributed by atoms with Crippen molar-refractivity contribution in [3.63, 3.8) is 0 Å². The zero-order valence-corrected chi connectivity index (χ0v) is 28.9. The summed E-state index contributed by atoms with van der Waals surface area (Å²) in [4.78, 5) is 23.4. The van der Waals surface area contributed by atoms with Crippen molar-refractivity contribution in [1.82, 2.24) is 24.1 Å². The van der Waals surface area contributed by atoms with Gasteiger partial charge in [0.2, 0.25) is 11.5 Å². The van der Waals surface area contributed by atoms with Gasteiger partial charge in [0.1, 0.15) is 5.01 Å². The highest BCUT2D eigenvalue weighted by Gasteiger charge is 2.24. The van der Waals surface area contributed by atoms with Gasteiger partial charge in [-0.1, -0.05) is 35.9 Å². The Bertz CT molecular complexity index is 2080. The molecule has 0 radical (unpaired) electrons. The van der Waals surface area contributed by atoms with Crippen LogP contribution in [0.2, 0.25) is 5.02 Å². The first-order valence-electron chi connectivity index (χ1n) is 14.6. The molecule has 2 aromatic heterocycles. The zero-order valence-electron chi connectivity index (χ0n) is 27.3. The minimum atomic E-state index is -0.399. The molecular weight excluding hydrogens is 670 g/mol. The number of methoxy groups -OCH3 is 6. The van der Waals surface area contributed by atoms with E-state index < -0.39 is 5.91 Å². The minimum absolute atomic E-state index is 0.275. The molecule has 6 rings (SSSR count). The van der Waals surface area contributed by atoms with Crippen LogP contribution in [0.25, 0.3) is 44.7 Å². The number of benzene rings is 4. The van der Waals surface area contributed by atoms with Gasteiger partial charge in [-0.2, -0.15) is 9.06 Å². The molecule has 0 aliphatic rings. The van der Waals surface area contributed by atoms with Crippen molar-refractivity contribution in [2.24, 2.45) is 0 Å². The lowest BCUT2D eigenvalue weighted by molar-refractivity contribution is 0.0947. The van der Waals surface area contributed by atoms with Gasteiger partial charge in [-0.05, 0) is 60.1 Å². The van der Waals surface area contributed by atoms with Gasteiger partial charge in [0, 0.05) is 32.8 Å². The predicted octanol–water partition coefficient (Wildman–Crippen LogP) is 7.19. The molecule has 0 aliphatic heterocycles. The van der Waals surface area contributed by atoms with Crippen LogP contribution in [0.5, 0.6) is 34.5 Å². The molecule has 0 aliphatic carbocycles. The number of hydrogen-bond donors (Lipinski definition) is 0. The van der Waals surface area contributed by atoms with E-state index in [2.05, 4.69) is 9.47 Å². The smallest absolute Gasteiger partial charge is 0.280 e. The number of halogens is 1. The van der Waals surface area contributed by atoms with E-state index in [4.69, 9.17) is 50.0 Å². The van der Waals surface area contributed by atoms with Gasteiger partial charge in [-0.3, -0.25) is 4.79 Å². The Morgan fingerprint density at radius 2 is 1.12 bits per heavy atom. The third-order valence-electron chi connectivity index (χ3n) is 7.55. The number of aromatic nitrogens is 5. The second-order valence-corrected chi connectivity index (χ2v) is 11.5. The van der Waals surface area contributed by atoms with E-state index >= 15 is 0 Å². The van der Waals surface area contributed by atoms with Gasteiger partial charge in [0.15, 0.2) is 40.5 Å². The van der Waals surface area contributed by atoms with Crippen LogP contribution >= 0.6 is 23.1 Å². The average Bonchev–Trinajstić information content (AvgIpc) is 3.82. The van der Waals surface area contributed by atoms with Gasteiger partial charge in [0.05, 0.1) is 42.7 Å². The Kier molecular flexibility index (Phi) is 9.65. The molecule has 250 valence electrons.